The summed E-state index contributed by atoms with van der Waals surface area (Å²) >= 11 is 0. The molecule has 2 saturated heterocycles. The molecule has 2 aliphatic heterocycles. The number of rotatable bonds is 4. The minimum Gasteiger partial charge on any atom is -0.390 e. The Balaban J connectivity index is 0.00000220. The monoisotopic (exact) mass is 412 g/mol. The Morgan fingerprint density at radius 2 is 1.71 bits per heavy atom. The summed E-state index contributed by atoms with van der Waals surface area (Å²) in [5.74, 6) is 0.591. The number of morpholine rings is 1. The maximum atomic E-state index is 10.0. The fourth-order valence-electron chi connectivity index (χ4n) is 2.74. The summed E-state index contributed by atoms with van der Waals surface area (Å²) in [6.45, 7) is 6.33. The van der Waals surface area contributed by atoms with Crippen LogP contribution in [0.2, 0.25) is 0 Å². The van der Waals surface area contributed by atoms with Gasteiger partial charge >= 0.3 is 0 Å². The Morgan fingerprint density at radius 1 is 1.10 bits per heavy atom. The van der Waals surface area contributed by atoms with Gasteiger partial charge in [0.25, 0.3) is 0 Å². The first-order valence-electron chi connectivity index (χ1n) is 7.79. The van der Waals surface area contributed by atoms with Crippen LogP contribution in [0.1, 0.15) is 25.7 Å². The molecule has 0 bridgehead atoms. The molecule has 2 fully saturated rings. The van der Waals surface area contributed by atoms with Crippen molar-refractivity contribution < 1.29 is 9.84 Å². The molecule has 0 radical (unpaired) electrons. The van der Waals surface area contributed by atoms with Gasteiger partial charge in [0.2, 0.25) is 0 Å². The minimum atomic E-state index is -0.446. The Bertz CT molecular complexity index is 303. The van der Waals surface area contributed by atoms with Crippen LogP contribution in [-0.2, 0) is 4.74 Å². The Morgan fingerprint density at radius 3 is 2.33 bits per heavy atom. The number of hydrogen-bond donors (Lipinski definition) is 2. The normalized spacial score (nSPS) is 23.3. The van der Waals surface area contributed by atoms with Crippen LogP contribution in [0.4, 0.5) is 0 Å². The van der Waals surface area contributed by atoms with Crippen molar-refractivity contribution in [3.63, 3.8) is 0 Å². The second kappa shape index (κ2) is 10.6. The number of aliphatic hydroxyl groups is 1. The predicted molar refractivity (Wildman–Crippen MR) is 95.2 cm³/mol. The molecule has 0 aromatic rings. The number of ether oxygens (including phenoxy) is 1. The van der Waals surface area contributed by atoms with Crippen LogP contribution >= 0.6 is 24.0 Å². The Kier molecular flexibility index (Phi) is 9.54. The lowest BCUT2D eigenvalue weighted by Gasteiger charge is -2.28. The highest BCUT2D eigenvalue weighted by atomic mass is 127. The number of β-amino-alcohol motifs (C(OH)–C–C–N with tert-alkyl or cyclic N) is 1. The molecular formula is C14H29IN4O2. The second-order valence-electron chi connectivity index (χ2n) is 5.67. The standard InChI is InChI=1S/C14H28N4O2.HI/c15-14(18-5-3-1-2-4-6-18)16-11-13(19)12-17-7-9-20-10-8-17;/h13,19H,1-12H2,(H2,15,16);1H. The molecule has 0 aliphatic carbocycles. The van der Waals surface area contributed by atoms with E-state index in [2.05, 4.69) is 14.8 Å². The van der Waals surface area contributed by atoms with E-state index in [0.717, 1.165) is 39.4 Å². The molecule has 0 saturated carbocycles. The van der Waals surface area contributed by atoms with Crippen molar-refractivity contribution in [3.8, 4) is 0 Å². The van der Waals surface area contributed by atoms with E-state index in [1.165, 1.54) is 25.7 Å². The fraction of sp³-hybridized carbons (Fsp3) is 0.929. The van der Waals surface area contributed by atoms with Gasteiger partial charge in [-0.2, -0.15) is 0 Å². The van der Waals surface area contributed by atoms with E-state index in [9.17, 15) is 5.11 Å². The van der Waals surface area contributed by atoms with Crippen LogP contribution in [-0.4, -0.2) is 79.5 Å². The highest BCUT2D eigenvalue weighted by molar-refractivity contribution is 14.0. The van der Waals surface area contributed by atoms with Crippen LogP contribution in [0.15, 0.2) is 4.99 Å². The van der Waals surface area contributed by atoms with Gasteiger partial charge in [0.05, 0.1) is 25.9 Å². The van der Waals surface area contributed by atoms with Crippen molar-refractivity contribution in [2.24, 2.45) is 10.7 Å². The van der Waals surface area contributed by atoms with Gasteiger partial charge in [0.15, 0.2) is 5.96 Å². The molecule has 7 heteroatoms. The summed E-state index contributed by atoms with van der Waals surface area (Å²) in [5.41, 5.74) is 6.03. The smallest absolute Gasteiger partial charge is 0.191 e. The summed E-state index contributed by atoms with van der Waals surface area (Å²) < 4.78 is 5.29. The van der Waals surface area contributed by atoms with E-state index in [4.69, 9.17) is 10.5 Å². The van der Waals surface area contributed by atoms with E-state index in [1.54, 1.807) is 0 Å². The average Bonchev–Trinajstić information content (AvgIpc) is 2.75. The first-order chi connectivity index (χ1) is 9.75. The zero-order chi connectivity index (χ0) is 14.2. The fourth-order valence-corrected chi connectivity index (χ4v) is 2.74. The third-order valence-electron chi connectivity index (χ3n) is 3.97. The molecule has 0 aromatic carbocycles. The number of hydrogen-bond acceptors (Lipinski definition) is 4. The van der Waals surface area contributed by atoms with Crippen molar-refractivity contribution in [2.45, 2.75) is 31.8 Å². The molecule has 2 aliphatic rings. The highest BCUT2D eigenvalue weighted by Crippen LogP contribution is 2.09. The van der Waals surface area contributed by atoms with E-state index in [1.807, 2.05) is 0 Å². The Labute approximate surface area is 144 Å². The third-order valence-corrected chi connectivity index (χ3v) is 3.97. The number of guanidine groups is 1. The summed E-state index contributed by atoms with van der Waals surface area (Å²) in [5, 5.41) is 10.0. The molecule has 1 atom stereocenters. The van der Waals surface area contributed by atoms with E-state index < -0.39 is 6.10 Å². The molecular weight excluding hydrogens is 383 g/mol. The van der Waals surface area contributed by atoms with Crippen LogP contribution in [0.25, 0.3) is 0 Å². The highest BCUT2D eigenvalue weighted by Gasteiger charge is 2.15. The van der Waals surface area contributed by atoms with Gasteiger partial charge in [0.1, 0.15) is 0 Å². The lowest BCUT2D eigenvalue weighted by Crippen LogP contribution is -2.42. The van der Waals surface area contributed by atoms with Gasteiger partial charge in [0, 0.05) is 32.7 Å². The zero-order valence-electron chi connectivity index (χ0n) is 12.7. The van der Waals surface area contributed by atoms with Gasteiger partial charge in [-0.05, 0) is 12.8 Å². The quantitative estimate of drug-likeness (QED) is 0.400. The summed E-state index contributed by atoms with van der Waals surface area (Å²) in [6, 6.07) is 0. The summed E-state index contributed by atoms with van der Waals surface area (Å²) in [6.07, 6.45) is 4.49. The molecule has 2 rings (SSSR count). The SMILES string of the molecule is I.NC(=NCC(O)CN1CCOCC1)N1CCCCCC1. The molecule has 6 nitrogen and oxygen atoms in total. The molecule has 124 valence electrons. The summed E-state index contributed by atoms with van der Waals surface area (Å²) in [7, 11) is 0. The van der Waals surface area contributed by atoms with Crippen LogP contribution in [0.5, 0.6) is 0 Å². The maximum Gasteiger partial charge on any atom is 0.191 e. The van der Waals surface area contributed by atoms with E-state index in [0.29, 0.717) is 19.0 Å². The Hall–Kier alpha value is -0.120. The van der Waals surface area contributed by atoms with Crippen molar-refractivity contribution in [3.05, 3.63) is 0 Å². The van der Waals surface area contributed by atoms with Gasteiger partial charge in [-0.15, -0.1) is 24.0 Å². The lowest BCUT2D eigenvalue weighted by atomic mass is 10.2. The minimum absolute atomic E-state index is 0. The molecule has 0 amide bonds. The number of nitrogens with zero attached hydrogens (tertiary/aromatic N) is 3. The predicted octanol–water partition coefficient (Wildman–Crippen LogP) is 0.488. The molecule has 0 spiro atoms. The van der Waals surface area contributed by atoms with Crippen molar-refractivity contribution in [1.29, 1.82) is 0 Å². The topological polar surface area (TPSA) is 74.3 Å². The molecule has 2 heterocycles. The van der Waals surface area contributed by atoms with E-state index >= 15 is 0 Å². The molecule has 1 unspecified atom stereocenters. The van der Waals surface area contributed by atoms with Gasteiger partial charge in [-0.1, -0.05) is 12.8 Å². The van der Waals surface area contributed by atoms with Crippen LogP contribution in [0, 0.1) is 0 Å². The van der Waals surface area contributed by atoms with Gasteiger partial charge in [-0.25, -0.2) is 0 Å². The van der Waals surface area contributed by atoms with Gasteiger partial charge in [-0.3, -0.25) is 9.89 Å². The largest absolute Gasteiger partial charge is 0.390 e. The third kappa shape index (κ3) is 7.12. The van der Waals surface area contributed by atoms with Crippen LogP contribution < -0.4 is 5.73 Å². The average molecular weight is 412 g/mol. The second-order valence-corrected chi connectivity index (χ2v) is 5.67. The first-order valence-corrected chi connectivity index (χ1v) is 7.79. The number of aliphatic hydroxyl groups excluding tert-OH is 1. The number of aliphatic imine (C=N–C) groups is 1. The maximum absolute atomic E-state index is 10.0. The van der Waals surface area contributed by atoms with Crippen molar-refractivity contribution >= 4 is 29.9 Å². The lowest BCUT2D eigenvalue weighted by molar-refractivity contribution is 0.0164. The van der Waals surface area contributed by atoms with Gasteiger partial charge < -0.3 is 20.5 Å². The molecule has 3 N–H and O–H groups in total. The zero-order valence-corrected chi connectivity index (χ0v) is 15.1. The van der Waals surface area contributed by atoms with Crippen molar-refractivity contribution in [2.75, 3.05) is 52.5 Å². The summed E-state index contributed by atoms with van der Waals surface area (Å²) in [4.78, 5) is 8.73. The molecule has 0 aromatic heterocycles. The number of nitrogens with two attached hydrogens (primary N) is 1. The van der Waals surface area contributed by atoms with E-state index in [-0.39, 0.29) is 24.0 Å². The first kappa shape index (κ1) is 18.9. The van der Waals surface area contributed by atoms with Crippen LogP contribution in [0.3, 0.4) is 0 Å². The number of halogens is 1. The van der Waals surface area contributed by atoms with Crippen molar-refractivity contribution in [1.82, 2.24) is 9.80 Å². The number of likely N-dealkylation sites (tertiary alicyclic amines) is 1. The molecule has 21 heavy (non-hydrogen) atoms.